The molecule has 1 aliphatic heterocycles. The van der Waals surface area contributed by atoms with Crippen LogP contribution in [0.1, 0.15) is 42.1 Å². The lowest BCUT2D eigenvalue weighted by Crippen LogP contribution is -2.45. The quantitative estimate of drug-likeness (QED) is 0.850. The molecule has 2 amide bonds. The van der Waals surface area contributed by atoms with Gasteiger partial charge in [-0.3, -0.25) is 9.59 Å². The molecule has 144 valence electrons. The number of nitrogens with one attached hydrogen (secondary N) is 1. The number of furan rings is 1. The number of carbonyl (C=O) groups is 2. The lowest BCUT2D eigenvalue weighted by molar-refractivity contribution is -0.132. The van der Waals surface area contributed by atoms with Crippen molar-refractivity contribution < 1.29 is 14.0 Å². The second-order valence-corrected chi connectivity index (χ2v) is 7.08. The van der Waals surface area contributed by atoms with Crippen molar-refractivity contribution in [3.05, 3.63) is 54.0 Å². The topological polar surface area (TPSA) is 65.8 Å². The van der Waals surface area contributed by atoms with Crippen molar-refractivity contribution in [2.75, 3.05) is 25.0 Å². The number of para-hydroxylation sites is 1. The van der Waals surface area contributed by atoms with Gasteiger partial charge < -0.3 is 19.5 Å². The molecule has 1 atom stereocenters. The molecule has 0 aliphatic carbocycles. The minimum absolute atomic E-state index is 0.125. The molecule has 1 aliphatic rings. The molecule has 3 rings (SSSR count). The van der Waals surface area contributed by atoms with Crippen molar-refractivity contribution in [2.45, 2.75) is 38.8 Å². The number of amides is 2. The van der Waals surface area contributed by atoms with Gasteiger partial charge in [0.05, 0.1) is 11.8 Å². The fourth-order valence-electron chi connectivity index (χ4n) is 3.49. The molecule has 6 nitrogen and oxygen atoms in total. The molecule has 0 spiro atoms. The van der Waals surface area contributed by atoms with E-state index < -0.39 is 6.04 Å². The van der Waals surface area contributed by atoms with Crippen molar-refractivity contribution in [1.29, 1.82) is 0 Å². The van der Waals surface area contributed by atoms with Crippen LogP contribution in [-0.4, -0.2) is 42.9 Å². The van der Waals surface area contributed by atoms with Crippen LogP contribution in [0.4, 0.5) is 5.69 Å². The summed E-state index contributed by atoms with van der Waals surface area (Å²) >= 11 is 0. The summed E-state index contributed by atoms with van der Waals surface area (Å²) in [7, 11) is 1.77. The largest absolute Gasteiger partial charge is 0.472 e. The van der Waals surface area contributed by atoms with Gasteiger partial charge in [-0.05, 0) is 43.9 Å². The van der Waals surface area contributed by atoms with Crippen LogP contribution in [0.25, 0.3) is 0 Å². The molecule has 1 aromatic carbocycles. The van der Waals surface area contributed by atoms with E-state index in [1.165, 1.54) is 37.5 Å². The Morgan fingerprint density at radius 1 is 1.19 bits per heavy atom. The second kappa shape index (κ2) is 8.75. The molecule has 2 aromatic rings. The molecular formula is C21H27N3O3. The van der Waals surface area contributed by atoms with Gasteiger partial charge in [-0.2, -0.15) is 0 Å². The Hall–Kier alpha value is -2.76. The highest BCUT2D eigenvalue weighted by atomic mass is 16.3. The van der Waals surface area contributed by atoms with E-state index in [2.05, 4.69) is 22.3 Å². The van der Waals surface area contributed by atoms with Gasteiger partial charge in [-0.1, -0.05) is 18.2 Å². The number of rotatable bonds is 6. The summed E-state index contributed by atoms with van der Waals surface area (Å²) in [5.41, 5.74) is 2.74. The van der Waals surface area contributed by atoms with Crippen LogP contribution in [0.2, 0.25) is 0 Å². The van der Waals surface area contributed by atoms with Gasteiger partial charge in [0.25, 0.3) is 5.91 Å². The predicted octanol–water partition coefficient (Wildman–Crippen LogP) is 3.05. The summed E-state index contributed by atoms with van der Waals surface area (Å²) in [5.74, 6) is -0.438. The van der Waals surface area contributed by atoms with Gasteiger partial charge in [0.1, 0.15) is 12.3 Å². The third-order valence-corrected chi connectivity index (χ3v) is 4.97. The first kappa shape index (κ1) is 19.0. The minimum atomic E-state index is -0.612. The number of hydrogen-bond donors (Lipinski definition) is 1. The summed E-state index contributed by atoms with van der Waals surface area (Å²) in [6.07, 6.45) is 6.50. The summed E-state index contributed by atoms with van der Waals surface area (Å²) in [4.78, 5) is 28.9. The van der Waals surface area contributed by atoms with E-state index in [-0.39, 0.29) is 11.8 Å². The zero-order chi connectivity index (χ0) is 19.2. The molecule has 2 heterocycles. The first-order chi connectivity index (χ1) is 13.1. The lowest BCUT2D eigenvalue weighted by Gasteiger charge is -2.32. The van der Waals surface area contributed by atoms with E-state index in [0.717, 1.165) is 18.7 Å². The van der Waals surface area contributed by atoms with Crippen molar-refractivity contribution in [2.24, 2.45) is 0 Å². The van der Waals surface area contributed by atoms with Gasteiger partial charge in [0.15, 0.2) is 0 Å². The Morgan fingerprint density at radius 3 is 2.63 bits per heavy atom. The summed E-state index contributed by atoms with van der Waals surface area (Å²) in [5, 5.41) is 2.73. The standard InChI is InChI=1S/C21H27N3O3/c1-16(22-20(25)18-10-13-27-15-18)21(26)23(2)14-17-8-4-5-9-19(17)24-11-6-3-7-12-24/h4-5,8-10,13,15-16H,3,6-7,11-12,14H2,1-2H3,(H,22,25). The third kappa shape index (κ3) is 4.70. The average Bonchev–Trinajstić information content (AvgIpc) is 3.23. The fourth-order valence-corrected chi connectivity index (χ4v) is 3.49. The van der Waals surface area contributed by atoms with Crippen LogP contribution in [-0.2, 0) is 11.3 Å². The van der Waals surface area contributed by atoms with Crippen molar-refractivity contribution >= 4 is 17.5 Å². The van der Waals surface area contributed by atoms with E-state index in [0.29, 0.717) is 12.1 Å². The van der Waals surface area contributed by atoms with Crippen LogP contribution >= 0.6 is 0 Å². The van der Waals surface area contributed by atoms with Gasteiger partial charge in [0.2, 0.25) is 5.91 Å². The van der Waals surface area contributed by atoms with Crippen molar-refractivity contribution in [3.8, 4) is 0 Å². The molecule has 1 fully saturated rings. The summed E-state index contributed by atoms with van der Waals surface area (Å²) < 4.78 is 4.91. The smallest absolute Gasteiger partial charge is 0.255 e. The van der Waals surface area contributed by atoms with Crippen molar-refractivity contribution in [3.63, 3.8) is 0 Å². The predicted molar refractivity (Wildman–Crippen MR) is 105 cm³/mol. The molecule has 0 radical (unpaired) electrons. The Labute approximate surface area is 160 Å². The number of anilines is 1. The maximum Gasteiger partial charge on any atom is 0.255 e. The van der Waals surface area contributed by atoms with E-state index in [1.54, 1.807) is 24.9 Å². The minimum Gasteiger partial charge on any atom is -0.472 e. The zero-order valence-electron chi connectivity index (χ0n) is 16.0. The highest BCUT2D eigenvalue weighted by molar-refractivity contribution is 5.97. The van der Waals surface area contributed by atoms with Crippen molar-refractivity contribution in [1.82, 2.24) is 10.2 Å². The molecule has 1 N–H and O–H groups in total. The SMILES string of the molecule is CC(NC(=O)c1ccoc1)C(=O)N(C)Cc1ccccc1N1CCCCC1. The number of likely N-dealkylation sites (N-methyl/N-ethyl adjacent to an activating group) is 1. The van der Waals surface area contributed by atoms with Crippen LogP contribution in [0.5, 0.6) is 0 Å². The average molecular weight is 369 g/mol. The molecular weight excluding hydrogens is 342 g/mol. The first-order valence-electron chi connectivity index (χ1n) is 9.47. The molecule has 27 heavy (non-hydrogen) atoms. The fraction of sp³-hybridized carbons (Fsp3) is 0.429. The van der Waals surface area contributed by atoms with Gasteiger partial charge in [0, 0.05) is 32.4 Å². The maximum absolute atomic E-state index is 12.7. The first-order valence-corrected chi connectivity index (χ1v) is 9.47. The van der Waals surface area contributed by atoms with Crippen LogP contribution in [0, 0.1) is 0 Å². The Kier molecular flexibility index (Phi) is 6.16. The number of piperidine rings is 1. The van der Waals surface area contributed by atoms with E-state index >= 15 is 0 Å². The van der Waals surface area contributed by atoms with E-state index in [1.807, 2.05) is 12.1 Å². The van der Waals surface area contributed by atoms with Gasteiger partial charge in [-0.25, -0.2) is 0 Å². The molecule has 0 saturated carbocycles. The monoisotopic (exact) mass is 369 g/mol. The Balaban J connectivity index is 1.63. The number of benzene rings is 1. The van der Waals surface area contributed by atoms with Crippen LogP contribution in [0.3, 0.4) is 0 Å². The molecule has 1 unspecified atom stereocenters. The van der Waals surface area contributed by atoms with Gasteiger partial charge in [-0.15, -0.1) is 0 Å². The summed E-state index contributed by atoms with van der Waals surface area (Å²) in [6.45, 7) is 4.34. The van der Waals surface area contributed by atoms with E-state index in [9.17, 15) is 9.59 Å². The Bertz CT molecular complexity index is 767. The number of carbonyl (C=O) groups excluding carboxylic acids is 2. The molecule has 0 bridgehead atoms. The zero-order valence-corrected chi connectivity index (χ0v) is 16.0. The molecule has 1 aromatic heterocycles. The van der Waals surface area contributed by atoms with Gasteiger partial charge >= 0.3 is 0 Å². The number of hydrogen-bond acceptors (Lipinski definition) is 4. The Morgan fingerprint density at radius 2 is 1.93 bits per heavy atom. The highest BCUT2D eigenvalue weighted by Crippen LogP contribution is 2.25. The van der Waals surface area contributed by atoms with E-state index in [4.69, 9.17) is 4.42 Å². The molecule has 6 heteroatoms. The normalized spacial score (nSPS) is 15.3. The maximum atomic E-state index is 12.7. The lowest BCUT2D eigenvalue weighted by atomic mass is 10.1. The summed E-state index contributed by atoms with van der Waals surface area (Å²) in [6, 6.07) is 9.21. The number of nitrogens with zero attached hydrogens (tertiary/aromatic N) is 2. The molecule has 1 saturated heterocycles. The second-order valence-electron chi connectivity index (χ2n) is 7.08. The van der Waals surface area contributed by atoms with Crippen LogP contribution < -0.4 is 10.2 Å². The highest BCUT2D eigenvalue weighted by Gasteiger charge is 2.22. The third-order valence-electron chi connectivity index (χ3n) is 4.97. The van der Waals surface area contributed by atoms with Crippen LogP contribution in [0.15, 0.2) is 47.3 Å².